The summed E-state index contributed by atoms with van der Waals surface area (Å²) in [5, 5.41) is 3.85. The number of piperazine rings is 1. The van der Waals surface area contributed by atoms with E-state index in [-0.39, 0.29) is 42.0 Å². The van der Waals surface area contributed by atoms with Crippen molar-refractivity contribution >= 4 is 54.9 Å². The Morgan fingerprint density at radius 2 is 1.89 bits per heavy atom. The summed E-state index contributed by atoms with van der Waals surface area (Å²) in [4.78, 5) is 39.9. The van der Waals surface area contributed by atoms with Gasteiger partial charge in [-0.25, -0.2) is 18.4 Å². The third kappa shape index (κ3) is 5.25. The monoisotopic (exact) mass is 570 g/mol. The number of halogens is 1. The number of pyridine rings is 1. The summed E-state index contributed by atoms with van der Waals surface area (Å²) in [6.07, 6.45) is 4.62. The fourth-order valence-corrected chi connectivity index (χ4v) is 7.57. The maximum atomic E-state index is 13.5. The van der Waals surface area contributed by atoms with Crippen LogP contribution in [0.1, 0.15) is 17.0 Å². The summed E-state index contributed by atoms with van der Waals surface area (Å²) >= 11 is 7.20. The van der Waals surface area contributed by atoms with E-state index < -0.39 is 22.0 Å². The highest BCUT2D eigenvalue weighted by molar-refractivity contribution is 7.91. The van der Waals surface area contributed by atoms with Gasteiger partial charge in [-0.05, 0) is 35.7 Å². The van der Waals surface area contributed by atoms with Crippen molar-refractivity contribution in [3.05, 3.63) is 71.9 Å². The smallest absolute Gasteiger partial charge is 0.292 e. The number of carbonyl (C=O) groups excluding carboxylic acids is 2. The molecule has 1 aromatic carbocycles. The highest BCUT2D eigenvalue weighted by Crippen LogP contribution is 2.33. The van der Waals surface area contributed by atoms with E-state index in [4.69, 9.17) is 11.6 Å². The lowest BCUT2D eigenvalue weighted by Crippen LogP contribution is -2.57. The van der Waals surface area contributed by atoms with Crippen molar-refractivity contribution in [3.63, 3.8) is 0 Å². The number of aromatic nitrogens is 3. The Kier molecular flexibility index (Phi) is 7.39. The minimum absolute atomic E-state index is 0.0377. The number of hydrogen-bond donors (Lipinski definition) is 1. The Bertz CT molecular complexity index is 1600. The molecule has 3 aromatic heterocycles. The first kappa shape index (κ1) is 26.2. The molecule has 1 fully saturated rings. The maximum absolute atomic E-state index is 13.5. The molecular weight excluding hydrogens is 548 g/mol. The zero-order valence-corrected chi connectivity index (χ0v) is 22.6. The number of thiophene rings is 1. The van der Waals surface area contributed by atoms with Crippen LogP contribution in [-0.2, 0) is 14.8 Å². The number of nitrogens with zero attached hydrogens (tertiary/aromatic N) is 5. The molecule has 0 bridgehead atoms. The summed E-state index contributed by atoms with van der Waals surface area (Å²) in [6.45, 7) is 0.115. The van der Waals surface area contributed by atoms with Gasteiger partial charge in [-0.3, -0.25) is 14.6 Å². The van der Waals surface area contributed by atoms with Crippen LogP contribution in [0.2, 0.25) is 5.02 Å². The first-order valence-corrected chi connectivity index (χ1v) is 14.3. The first-order chi connectivity index (χ1) is 18.3. The minimum Gasteiger partial charge on any atom is -0.359 e. The topological polar surface area (TPSA) is 125 Å². The van der Waals surface area contributed by atoms with Crippen molar-refractivity contribution in [2.75, 3.05) is 26.7 Å². The minimum atomic E-state index is -3.86. The summed E-state index contributed by atoms with van der Waals surface area (Å²) in [7, 11) is -2.37. The van der Waals surface area contributed by atoms with E-state index >= 15 is 0 Å². The summed E-state index contributed by atoms with van der Waals surface area (Å²) in [6, 6.07) is 11.6. The second-order valence-electron chi connectivity index (χ2n) is 8.65. The molecule has 1 atom stereocenters. The number of carbonyl (C=O) groups is 2. The lowest BCUT2D eigenvalue weighted by molar-refractivity contribution is -0.121. The van der Waals surface area contributed by atoms with Gasteiger partial charge < -0.3 is 10.2 Å². The molecule has 4 aromatic rings. The van der Waals surface area contributed by atoms with Gasteiger partial charge in [0.2, 0.25) is 11.7 Å². The number of hydrogen-bond acceptors (Lipinski definition) is 8. The van der Waals surface area contributed by atoms with Gasteiger partial charge in [-0.2, -0.15) is 4.31 Å². The molecule has 38 heavy (non-hydrogen) atoms. The van der Waals surface area contributed by atoms with Gasteiger partial charge in [0.05, 0.1) is 11.7 Å². The average molecular weight is 571 g/mol. The molecule has 2 amide bonds. The number of fused-ring (bicyclic) bond motifs is 1. The number of nitrogens with one attached hydrogen (secondary N) is 1. The van der Waals surface area contributed by atoms with Gasteiger partial charge in [0.15, 0.2) is 0 Å². The number of rotatable bonds is 6. The van der Waals surface area contributed by atoms with Gasteiger partial charge in [0.1, 0.15) is 4.21 Å². The molecule has 0 saturated carbocycles. The predicted octanol–water partition coefficient (Wildman–Crippen LogP) is 3.06. The third-order valence-electron chi connectivity index (χ3n) is 6.26. The van der Waals surface area contributed by atoms with Crippen LogP contribution >= 0.6 is 22.9 Å². The third-order valence-corrected chi connectivity index (χ3v) is 9.91. The standard InChI is InChI=1S/C25H23ClN6O4S2/c1-27-22(33)12-19-15-31(38(35,36)23-10-16-5-6-18(26)11-21(16)37-23)8-9-32(19)25(34)24-29-13-17(14-30-24)20-4-2-3-7-28-20/h2-7,10-11,13-14,19H,8-9,12,15H2,1H3,(H,27,33). The fraction of sp³-hybridized carbons (Fsp3) is 0.240. The van der Waals surface area contributed by atoms with Crippen LogP contribution in [0.25, 0.3) is 21.3 Å². The molecule has 0 radical (unpaired) electrons. The Hall–Kier alpha value is -3.45. The Morgan fingerprint density at radius 3 is 2.61 bits per heavy atom. The SMILES string of the molecule is CNC(=O)CC1CN(S(=O)(=O)c2cc3ccc(Cl)cc3s2)CCN1C(=O)c1ncc(-c2ccccn2)cn1. The summed E-state index contributed by atoms with van der Waals surface area (Å²) in [5.41, 5.74) is 1.33. The van der Waals surface area contributed by atoms with E-state index in [2.05, 4.69) is 20.3 Å². The second kappa shape index (κ2) is 10.7. The van der Waals surface area contributed by atoms with Crippen LogP contribution in [0.5, 0.6) is 0 Å². The average Bonchev–Trinajstić information content (AvgIpc) is 3.37. The second-order valence-corrected chi connectivity index (χ2v) is 12.3. The van der Waals surface area contributed by atoms with Crippen LogP contribution in [0.4, 0.5) is 0 Å². The zero-order valence-electron chi connectivity index (χ0n) is 20.2. The highest BCUT2D eigenvalue weighted by atomic mass is 35.5. The van der Waals surface area contributed by atoms with Gasteiger partial charge in [0, 0.05) is 67.0 Å². The van der Waals surface area contributed by atoms with Crippen LogP contribution in [0.3, 0.4) is 0 Å². The molecule has 0 spiro atoms. The zero-order chi connectivity index (χ0) is 26.9. The van der Waals surface area contributed by atoms with Crippen LogP contribution < -0.4 is 5.32 Å². The van der Waals surface area contributed by atoms with Crippen molar-refractivity contribution in [2.24, 2.45) is 0 Å². The van der Waals surface area contributed by atoms with Crippen LogP contribution in [0.15, 0.2) is 65.3 Å². The Labute approximate surface area is 228 Å². The van der Waals surface area contributed by atoms with E-state index in [9.17, 15) is 18.0 Å². The predicted molar refractivity (Wildman–Crippen MR) is 144 cm³/mol. The van der Waals surface area contributed by atoms with E-state index in [0.29, 0.717) is 16.3 Å². The Balaban J connectivity index is 1.38. The summed E-state index contributed by atoms with van der Waals surface area (Å²) < 4.78 is 29.3. The van der Waals surface area contributed by atoms with E-state index in [1.54, 1.807) is 36.5 Å². The number of amides is 2. The molecule has 0 aliphatic carbocycles. The lowest BCUT2D eigenvalue weighted by Gasteiger charge is -2.40. The maximum Gasteiger partial charge on any atom is 0.292 e. The normalized spacial score (nSPS) is 16.5. The van der Waals surface area contributed by atoms with E-state index in [1.165, 1.54) is 28.6 Å². The molecule has 1 saturated heterocycles. The molecule has 1 unspecified atom stereocenters. The van der Waals surface area contributed by atoms with Gasteiger partial charge in [0.25, 0.3) is 15.9 Å². The van der Waals surface area contributed by atoms with E-state index in [1.807, 2.05) is 12.1 Å². The molecule has 10 nitrogen and oxygen atoms in total. The molecule has 1 aliphatic rings. The molecule has 4 heterocycles. The van der Waals surface area contributed by atoms with E-state index in [0.717, 1.165) is 21.4 Å². The molecule has 13 heteroatoms. The Morgan fingerprint density at radius 1 is 1.11 bits per heavy atom. The molecule has 196 valence electrons. The van der Waals surface area contributed by atoms with Gasteiger partial charge in [-0.15, -0.1) is 11.3 Å². The molecular formula is C25H23ClN6O4S2. The largest absolute Gasteiger partial charge is 0.359 e. The van der Waals surface area contributed by atoms with Gasteiger partial charge in [-0.1, -0.05) is 23.7 Å². The van der Waals surface area contributed by atoms with Crippen LogP contribution in [0, 0.1) is 0 Å². The van der Waals surface area contributed by atoms with Crippen molar-refractivity contribution in [2.45, 2.75) is 16.7 Å². The number of benzene rings is 1. The van der Waals surface area contributed by atoms with Gasteiger partial charge >= 0.3 is 0 Å². The van der Waals surface area contributed by atoms with Crippen LogP contribution in [-0.4, -0.2) is 77.1 Å². The molecule has 1 aliphatic heterocycles. The van der Waals surface area contributed by atoms with Crippen molar-refractivity contribution in [1.82, 2.24) is 29.5 Å². The first-order valence-electron chi connectivity index (χ1n) is 11.7. The van der Waals surface area contributed by atoms with Crippen molar-refractivity contribution in [3.8, 4) is 11.3 Å². The van der Waals surface area contributed by atoms with Crippen molar-refractivity contribution in [1.29, 1.82) is 0 Å². The summed E-state index contributed by atoms with van der Waals surface area (Å²) in [5.74, 6) is -0.820. The highest BCUT2D eigenvalue weighted by Gasteiger charge is 2.38. The lowest BCUT2D eigenvalue weighted by atomic mass is 10.1. The number of sulfonamides is 1. The molecule has 5 rings (SSSR count). The van der Waals surface area contributed by atoms with Crippen molar-refractivity contribution < 1.29 is 18.0 Å². The quantitative estimate of drug-likeness (QED) is 0.377. The molecule has 1 N–H and O–H groups in total. The fourth-order valence-electron chi connectivity index (χ4n) is 4.27.